The van der Waals surface area contributed by atoms with Gasteiger partial charge < -0.3 is 0 Å². The van der Waals surface area contributed by atoms with Crippen molar-refractivity contribution in [2.45, 2.75) is 6.42 Å². The van der Waals surface area contributed by atoms with E-state index in [9.17, 15) is 4.79 Å². The summed E-state index contributed by atoms with van der Waals surface area (Å²) in [6, 6.07) is 0. The van der Waals surface area contributed by atoms with Gasteiger partial charge in [0.15, 0.2) is 0 Å². The van der Waals surface area contributed by atoms with Crippen LogP contribution in [-0.4, -0.2) is 12.5 Å². The first-order valence-electron chi connectivity index (χ1n) is 1.91. The number of carbonyl (C=O) groups excluding carboxylic acids is 1. The summed E-state index contributed by atoms with van der Waals surface area (Å²) in [6.07, 6.45) is 0.625. The van der Waals surface area contributed by atoms with Crippen LogP contribution in [-0.2, 0) is 27.2 Å². The maximum Gasteiger partial charge on any atom is 1.00 e. The molecule has 1 aliphatic heterocycles. The summed E-state index contributed by atoms with van der Waals surface area (Å²) in [5.41, 5.74) is 5.10. The predicted molar refractivity (Wildman–Crippen MR) is 20.8 cm³/mol. The Labute approximate surface area is 57.3 Å². The molecule has 0 aromatic heterocycles. The molecule has 1 heterocycles. The fourth-order valence-corrected chi connectivity index (χ4v) is 0.400. The Morgan fingerprint density at radius 1 is 1.57 bits per heavy atom. The molecule has 2 N–H and O–H groups in total. The molecule has 1 aliphatic rings. The second-order valence-electron chi connectivity index (χ2n) is 1.22. The van der Waals surface area contributed by atoms with Crippen LogP contribution in [0.25, 0.3) is 0 Å². The van der Waals surface area contributed by atoms with Crippen molar-refractivity contribution >= 4 is 5.91 Å². The quantitative estimate of drug-likeness (QED) is 0.486. The third kappa shape index (κ3) is 2.09. The van der Waals surface area contributed by atoms with E-state index in [1.807, 2.05) is 0 Å². The molecule has 0 aliphatic carbocycles. The number of amides is 1. The van der Waals surface area contributed by atoms with Crippen LogP contribution < -0.4 is 10.9 Å². The molecule has 3 nitrogen and oxygen atoms in total. The predicted octanol–water partition coefficient (Wildman–Crippen LogP) is -0.992. The minimum atomic E-state index is 0. The Hall–Kier alpha value is 0.170. The van der Waals surface area contributed by atoms with Crippen molar-refractivity contribution in [3.63, 3.8) is 0 Å². The molecule has 0 unspecified atom stereocenters. The van der Waals surface area contributed by atoms with E-state index in [-0.39, 0.29) is 28.3 Å². The molecule has 44 valence electrons. The number of nitrogens with one attached hydrogen (secondary N) is 2. The topological polar surface area (TPSA) is 41.1 Å². The first kappa shape index (κ1) is 7.17. The molecule has 0 atom stereocenters. The molecule has 0 aromatic rings. The van der Waals surface area contributed by atoms with Crippen LogP contribution >= 0.6 is 0 Å². The summed E-state index contributed by atoms with van der Waals surface area (Å²) >= 11 is 0. The molecule has 0 saturated carbocycles. The summed E-state index contributed by atoms with van der Waals surface area (Å²) in [4.78, 5) is 10.1. The first-order valence-corrected chi connectivity index (χ1v) is 1.91. The van der Waals surface area contributed by atoms with Gasteiger partial charge in [0.1, 0.15) is 0 Å². The Bertz CT molecular complexity index is 67.3. The van der Waals surface area contributed by atoms with Crippen LogP contribution in [0, 0.1) is 0 Å². The van der Waals surface area contributed by atoms with Gasteiger partial charge in [0, 0.05) is 13.0 Å². The zero-order valence-corrected chi connectivity index (χ0v) is 5.11. The van der Waals surface area contributed by atoms with Crippen molar-refractivity contribution in [3.8, 4) is 0 Å². The number of hydrazine groups is 1. The molecule has 0 aromatic carbocycles. The van der Waals surface area contributed by atoms with Crippen molar-refractivity contribution < 1.29 is 27.2 Å². The third-order valence-electron chi connectivity index (χ3n) is 0.705. The average molecular weight is 194 g/mol. The van der Waals surface area contributed by atoms with Crippen LogP contribution in [0.15, 0.2) is 0 Å². The fraction of sp³-hybridized carbons (Fsp3) is 0.667. The maximum atomic E-state index is 10.1. The first-order chi connectivity index (χ1) is 2.89. The van der Waals surface area contributed by atoms with Crippen LogP contribution in [0.4, 0.5) is 0 Å². The van der Waals surface area contributed by atoms with Gasteiger partial charge in [-0.25, -0.2) is 5.43 Å². The molecule has 0 bridgehead atoms. The summed E-state index contributed by atoms with van der Waals surface area (Å²) in [6.45, 7) is 0.777. The van der Waals surface area contributed by atoms with Crippen molar-refractivity contribution in [2.75, 3.05) is 6.54 Å². The van der Waals surface area contributed by atoms with Gasteiger partial charge in [0.2, 0.25) is 5.91 Å². The van der Waals surface area contributed by atoms with Gasteiger partial charge >= 0.3 is 22.4 Å². The largest absolute Gasteiger partial charge is 1.00 e. The van der Waals surface area contributed by atoms with Crippen molar-refractivity contribution in [2.24, 2.45) is 0 Å². The Morgan fingerprint density at radius 3 is 2.43 bits per heavy atom. The van der Waals surface area contributed by atoms with Crippen molar-refractivity contribution in [3.05, 3.63) is 0 Å². The van der Waals surface area contributed by atoms with E-state index in [0.29, 0.717) is 6.42 Å². The number of hydrogen-bond donors (Lipinski definition) is 2. The van der Waals surface area contributed by atoms with E-state index in [1.54, 1.807) is 0 Å². The minimum Gasteiger partial charge on any atom is -0.292 e. The van der Waals surface area contributed by atoms with E-state index >= 15 is 0 Å². The molecule has 7 heavy (non-hydrogen) atoms. The zero-order valence-electron chi connectivity index (χ0n) is 3.62. The van der Waals surface area contributed by atoms with Crippen molar-refractivity contribution in [1.82, 2.24) is 10.9 Å². The van der Waals surface area contributed by atoms with Crippen LogP contribution in [0.5, 0.6) is 0 Å². The molecule has 1 saturated heterocycles. The monoisotopic (exact) mass is 193 g/mol. The summed E-state index contributed by atoms with van der Waals surface area (Å²) in [5.74, 6) is 0.0926. The van der Waals surface area contributed by atoms with E-state index in [0.717, 1.165) is 6.54 Å². The molecule has 4 heteroatoms. The van der Waals surface area contributed by atoms with Crippen LogP contribution in [0.3, 0.4) is 0 Å². The molecule has 1 fully saturated rings. The summed E-state index contributed by atoms with van der Waals surface area (Å²) < 4.78 is 0. The Balaban J connectivity index is 0.000000360. The molecule has 1 rings (SSSR count). The molecule has 0 spiro atoms. The zero-order chi connectivity index (χ0) is 4.41. The van der Waals surface area contributed by atoms with Crippen LogP contribution in [0.1, 0.15) is 6.42 Å². The standard InChI is InChI=1S/C3H6N2O.Ag/c6-3-1-2-4-5-3;/h4H,1-2H2,(H,5,6);/q;+1. The fourth-order valence-electron chi connectivity index (χ4n) is 0.400. The minimum absolute atomic E-state index is 0. The third-order valence-corrected chi connectivity index (χ3v) is 0.705. The second kappa shape index (κ2) is 3.21. The SMILES string of the molecule is O=C1CCNN1.[Ag+]. The maximum absolute atomic E-state index is 10.1. The van der Waals surface area contributed by atoms with Gasteiger partial charge in [0.05, 0.1) is 0 Å². The van der Waals surface area contributed by atoms with E-state index in [4.69, 9.17) is 0 Å². The molecular formula is C3H6AgN2O+. The molecular weight excluding hydrogens is 188 g/mol. The van der Waals surface area contributed by atoms with Gasteiger partial charge in [-0.3, -0.25) is 10.2 Å². The normalized spacial score (nSPS) is 18.0. The summed E-state index contributed by atoms with van der Waals surface area (Å²) in [5, 5.41) is 0. The Kier molecular flexibility index (Phi) is 3.29. The number of hydrogen-bond acceptors (Lipinski definition) is 2. The van der Waals surface area contributed by atoms with E-state index in [1.165, 1.54) is 0 Å². The van der Waals surface area contributed by atoms with E-state index in [2.05, 4.69) is 10.9 Å². The van der Waals surface area contributed by atoms with Gasteiger partial charge in [-0.1, -0.05) is 0 Å². The Morgan fingerprint density at radius 2 is 2.29 bits per heavy atom. The van der Waals surface area contributed by atoms with Crippen molar-refractivity contribution in [1.29, 1.82) is 0 Å². The smallest absolute Gasteiger partial charge is 0.292 e. The van der Waals surface area contributed by atoms with Gasteiger partial charge in [-0.2, -0.15) is 0 Å². The summed E-state index contributed by atoms with van der Waals surface area (Å²) in [7, 11) is 0. The van der Waals surface area contributed by atoms with Gasteiger partial charge in [-0.15, -0.1) is 0 Å². The number of rotatable bonds is 0. The average Bonchev–Trinajstić information content (AvgIpc) is 1.86. The number of carbonyl (C=O) groups is 1. The van der Waals surface area contributed by atoms with Gasteiger partial charge in [-0.05, 0) is 0 Å². The van der Waals surface area contributed by atoms with E-state index < -0.39 is 0 Å². The molecule has 1 amide bonds. The molecule has 0 radical (unpaired) electrons. The second-order valence-corrected chi connectivity index (χ2v) is 1.22. The van der Waals surface area contributed by atoms with Crippen LogP contribution in [0.2, 0.25) is 0 Å². The van der Waals surface area contributed by atoms with Gasteiger partial charge in [0.25, 0.3) is 0 Å².